The lowest BCUT2D eigenvalue weighted by Gasteiger charge is -2.11. The van der Waals surface area contributed by atoms with Crippen LogP contribution in [0.4, 0.5) is 0 Å². The zero-order valence-electron chi connectivity index (χ0n) is 10.8. The van der Waals surface area contributed by atoms with E-state index < -0.39 is 0 Å². The van der Waals surface area contributed by atoms with Crippen LogP contribution in [0.25, 0.3) is 6.08 Å². The molecule has 1 unspecified atom stereocenters. The number of hydrogen-bond acceptors (Lipinski definition) is 3. The van der Waals surface area contributed by atoms with Crippen molar-refractivity contribution in [1.82, 2.24) is 5.32 Å². The highest BCUT2D eigenvalue weighted by Gasteiger charge is 2.29. The number of phenols is 1. The number of nitrogens with zero attached hydrogens (tertiary/aromatic N) is 1. The molecule has 1 aromatic rings. The van der Waals surface area contributed by atoms with Gasteiger partial charge in [0.15, 0.2) is 0 Å². The average Bonchev–Trinajstić information content (AvgIpc) is 3.20. The molecule has 1 saturated carbocycles. The Labute approximate surface area is 112 Å². The second-order valence-corrected chi connectivity index (χ2v) is 4.86. The van der Waals surface area contributed by atoms with Crippen LogP contribution in [0.15, 0.2) is 29.8 Å². The second-order valence-electron chi connectivity index (χ2n) is 4.86. The van der Waals surface area contributed by atoms with Gasteiger partial charge < -0.3 is 10.4 Å². The number of carbonyl (C=O) groups is 1. The van der Waals surface area contributed by atoms with Crippen LogP contribution in [0.3, 0.4) is 0 Å². The largest absolute Gasteiger partial charge is 0.508 e. The van der Waals surface area contributed by atoms with E-state index in [0.29, 0.717) is 11.5 Å². The van der Waals surface area contributed by atoms with Crippen LogP contribution in [-0.2, 0) is 4.79 Å². The molecule has 1 atom stereocenters. The number of nitrogens with one attached hydrogen (secondary N) is 1. The first kappa shape index (κ1) is 13.2. The number of nitriles is 1. The predicted molar refractivity (Wildman–Crippen MR) is 72.0 cm³/mol. The van der Waals surface area contributed by atoms with Crippen molar-refractivity contribution in [2.45, 2.75) is 25.8 Å². The molecule has 2 rings (SSSR count). The molecule has 0 bridgehead atoms. The lowest BCUT2D eigenvalue weighted by atomic mass is 10.1. The highest BCUT2D eigenvalue weighted by molar-refractivity contribution is 6.01. The quantitative estimate of drug-likeness (QED) is 0.640. The van der Waals surface area contributed by atoms with Crippen molar-refractivity contribution in [3.05, 3.63) is 35.4 Å². The van der Waals surface area contributed by atoms with Gasteiger partial charge in [0.25, 0.3) is 5.91 Å². The Kier molecular flexibility index (Phi) is 3.86. The molecule has 0 heterocycles. The zero-order chi connectivity index (χ0) is 13.8. The van der Waals surface area contributed by atoms with E-state index in [4.69, 9.17) is 5.26 Å². The van der Waals surface area contributed by atoms with Gasteiger partial charge >= 0.3 is 0 Å². The molecule has 2 N–H and O–H groups in total. The topological polar surface area (TPSA) is 73.1 Å². The summed E-state index contributed by atoms with van der Waals surface area (Å²) in [5.74, 6) is 0.299. The maximum absolute atomic E-state index is 11.9. The zero-order valence-corrected chi connectivity index (χ0v) is 10.8. The molecule has 0 saturated heterocycles. The van der Waals surface area contributed by atoms with Gasteiger partial charge in [0.1, 0.15) is 17.4 Å². The van der Waals surface area contributed by atoms with E-state index in [1.807, 2.05) is 13.0 Å². The first-order chi connectivity index (χ1) is 9.10. The normalized spacial score (nSPS) is 16.5. The molecule has 4 nitrogen and oxygen atoms in total. The van der Waals surface area contributed by atoms with E-state index in [1.54, 1.807) is 18.2 Å². The molecule has 1 aromatic carbocycles. The van der Waals surface area contributed by atoms with Crippen LogP contribution in [0.2, 0.25) is 0 Å². The lowest BCUT2D eigenvalue weighted by Crippen LogP contribution is -2.34. The molecular weight excluding hydrogens is 240 g/mol. The summed E-state index contributed by atoms with van der Waals surface area (Å²) in [7, 11) is 0. The Bertz CT molecular complexity index is 554. The number of benzene rings is 1. The fraction of sp³-hybridized carbons (Fsp3) is 0.333. The minimum Gasteiger partial charge on any atom is -0.508 e. The standard InChI is InChI=1S/C15H16N2O2/c1-10(12-5-6-12)17-15(19)13(9-16)7-11-3-2-4-14(18)8-11/h2-4,7-8,10,12,18H,5-6H2,1H3,(H,17,19)/b13-7+. The molecule has 98 valence electrons. The molecule has 4 heteroatoms. The van der Waals surface area contributed by atoms with Crippen molar-refractivity contribution in [3.8, 4) is 11.8 Å². The van der Waals surface area contributed by atoms with Crippen LogP contribution in [0.5, 0.6) is 5.75 Å². The van der Waals surface area contributed by atoms with Gasteiger partial charge in [-0.15, -0.1) is 0 Å². The monoisotopic (exact) mass is 256 g/mol. The highest BCUT2D eigenvalue weighted by Crippen LogP contribution is 2.32. The Morgan fingerprint density at radius 2 is 2.32 bits per heavy atom. The molecule has 0 radical (unpaired) electrons. The molecule has 19 heavy (non-hydrogen) atoms. The maximum Gasteiger partial charge on any atom is 0.262 e. The van der Waals surface area contributed by atoms with Crippen molar-refractivity contribution in [1.29, 1.82) is 5.26 Å². The van der Waals surface area contributed by atoms with Crippen molar-refractivity contribution in [3.63, 3.8) is 0 Å². The minimum atomic E-state index is -0.356. The van der Waals surface area contributed by atoms with Crippen molar-refractivity contribution in [2.24, 2.45) is 5.92 Å². The van der Waals surface area contributed by atoms with Crippen molar-refractivity contribution < 1.29 is 9.90 Å². The number of rotatable bonds is 4. The van der Waals surface area contributed by atoms with Gasteiger partial charge in [-0.05, 0) is 49.5 Å². The fourth-order valence-electron chi connectivity index (χ4n) is 1.93. The Balaban J connectivity index is 2.10. The van der Waals surface area contributed by atoms with Crippen LogP contribution >= 0.6 is 0 Å². The molecule has 0 spiro atoms. The smallest absolute Gasteiger partial charge is 0.262 e. The number of hydrogen-bond donors (Lipinski definition) is 2. The van der Waals surface area contributed by atoms with E-state index in [2.05, 4.69) is 5.32 Å². The lowest BCUT2D eigenvalue weighted by molar-refractivity contribution is -0.117. The molecular formula is C15H16N2O2. The Morgan fingerprint density at radius 3 is 2.89 bits per heavy atom. The third kappa shape index (κ3) is 3.59. The molecule has 1 amide bonds. The molecule has 0 aromatic heterocycles. The van der Waals surface area contributed by atoms with E-state index in [1.165, 1.54) is 12.1 Å². The second kappa shape index (κ2) is 5.57. The van der Waals surface area contributed by atoms with E-state index in [-0.39, 0.29) is 23.3 Å². The summed E-state index contributed by atoms with van der Waals surface area (Å²) in [6, 6.07) is 8.45. The summed E-state index contributed by atoms with van der Waals surface area (Å²) < 4.78 is 0. The van der Waals surface area contributed by atoms with Crippen LogP contribution in [-0.4, -0.2) is 17.1 Å². The molecule has 1 aliphatic carbocycles. The SMILES string of the molecule is CC(NC(=O)/C(C#N)=C/c1cccc(O)c1)C1CC1. The van der Waals surface area contributed by atoms with Gasteiger partial charge in [-0.2, -0.15) is 5.26 Å². The number of phenolic OH excluding ortho intramolecular Hbond substituents is 1. The Hall–Kier alpha value is -2.28. The van der Waals surface area contributed by atoms with Gasteiger partial charge in [0, 0.05) is 6.04 Å². The molecule has 1 fully saturated rings. The van der Waals surface area contributed by atoms with Crippen molar-refractivity contribution >= 4 is 12.0 Å². The van der Waals surface area contributed by atoms with Crippen molar-refractivity contribution in [2.75, 3.05) is 0 Å². The summed E-state index contributed by atoms with van der Waals surface area (Å²) in [5, 5.41) is 21.2. The highest BCUT2D eigenvalue weighted by atomic mass is 16.3. The van der Waals surface area contributed by atoms with Crippen LogP contribution < -0.4 is 5.32 Å². The van der Waals surface area contributed by atoms with Crippen LogP contribution in [0, 0.1) is 17.2 Å². The van der Waals surface area contributed by atoms with E-state index >= 15 is 0 Å². The average molecular weight is 256 g/mol. The third-order valence-corrected chi connectivity index (χ3v) is 3.23. The summed E-state index contributed by atoms with van der Waals surface area (Å²) in [6.45, 7) is 1.96. The predicted octanol–water partition coefficient (Wildman–Crippen LogP) is 2.21. The third-order valence-electron chi connectivity index (χ3n) is 3.23. The van der Waals surface area contributed by atoms with Gasteiger partial charge in [0.05, 0.1) is 0 Å². The van der Waals surface area contributed by atoms with Gasteiger partial charge in [-0.3, -0.25) is 4.79 Å². The van der Waals surface area contributed by atoms with Gasteiger partial charge in [0.2, 0.25) is 0 Å². The van der Waals surface area contributed by atoms with Gasteiger partial charge in [-0.25, -0.2) is 0 Å². The fourth-order valence-corrected chi connectivity index (χ4v) is 1.93. The van der Waals surface area contributed by atoms with E-state index in [9.17, 15) is 9.90 Å². The van der Waals surface area contributed by atoms with Crippen LogP contribution in [0.1, 0.15) is 25.3 Å². The van der Waals surface area contributed by atoms with E-state index in [0.717, 1.165) is 12.8 Å². The number of carbonyl (C=O) groups excluding carboxylic acids is 1. The first-order valence-corrected chi connectivity index (χ1v) is 6.32. The van der Waals surface area contributed by atoms with Gasteiger partial charge in [-0.1, -0.05) is 12.1 Å². The molecule has 0 aliphatic heterocycles. The number of aromatic hydroxyl groups is 1. The minimum absolute atomic E-state index is 0.0538. The first-order valence-electron chi connectivity index (χ1n) is 6.32. The summed E-state index contributed by atoms with van der Waals surface area (Å²) >= 11 is 0. The summed E-state index contributed by atoms with van der Waals surface area (Å²) in [4.78, 5) is 11.9. The summed E-state index contributed by atoms with van der Waals surface area (Å²) in [6.07, 6.45) is 3.76. The number of amides is 1. The Morgan fingerprint density at radius 1 is 1.58 bits per heavy atom. The maximum atomic E-state index is 11.9. The molecule has 1 aliphatic rings. The summed E-state index contributed by atoms with van der Waals surface area (Å²) in [5.41, 5.74) is 0.684.